The molecule has 1 amide bonds. The van der Waals surface area contributed by atoms with Gasteiger partial charge < -0.3 is 19.1 Å². The van der Waals surface area contributed by atoms with Crippen LogP contribution in [0.1, 0.15) is 30.7 Å². The fourth-order valence-corrected chi connectivity index (χ4v) is 3.13. The van der Waals surface area contributed by atoms with Crippen molar-refractivity contribution in [2.75, 3.05) is 34.0 Å². The fraction of sp³-hybridized carbons (Fsp3) is 0.556. The van der Waals surface area contributed by atoms with Gasteiger partial charge in [-0.3, -0.25) is 4.79 Å². The number of rotatable bonds is 6. The van der Waals surface area contributed by atoms with Gasteiger partial charge in [-0.05, 0) is 24.8 Å². The number of carbonyl (C=O) groups is 2. The van der Waals surface area contributed by atoms with Crippen LogP contribution >= 0.6 is 0 Å². The average Bonchev–Trinajstić information content (AvgIpc) is 2.63. The number of piperidine rings is 1. The van der Waals surface area contributed by atoms with Crippen LogP contribution in [0.15, 0.2) is 30.3 Å². The Morgan fingerprint density at radius 1 is 1.17 bits per heavy atom. The van der Waals surface area contributed by atoms with E-state index < -0.39 is 12.0 Å². The van der Waals surface area contributed by atoms with E-state index in [4.69, 9.17) is 14.2 Å². The number of esters is 1. The maximum atomic E-state index is 12.4. The van der Waals surface area contributed by atoms with E-state index in [9.17, 15) is 9.59 Å². The van der Waals surface area contributed by atoms with Crippen molar-refractivity contribution in [3.8, 4) is 0 Å². The summed E-state index contributed by atoms with van der Waals surface area (Å²) in [6.45, 7) is 1.13. The quantitative estimate of drug-likeness (QED) is 0.590. The van der Waals surface area contributed by atoms with Gasteiger partial charge in [-0.15, -0.1) is 0 Å². The zero-order valence-electron chi connectivity index (χ0n) is 14.3. The summed E-state index contributed by atoms with van der Waals surface area (Å²) in [4.78, 5) is 26.5. The molecule has 1 aromatic carbocycles. The topological polar surface area (TPSA) is 65.1 Å². The van der Waals surface area contributed by atoms with Crippen molar-refractivity contribution in [3.63, 3.8) is 0 Å². The van der Waals surface area contributed by atoms with Crippen molar-refractivity contribution in [1.82, 2.24) is 4.90 Å². The predicted octanol–water partition coefficient (Wildman–Crippen LogP) is 2.58. The number of hydrogen-bond donors (Lipinski definition) is 0. The molecule has 1 aliphatic rings. The zero-order chi connectivity index (χ0) is 17.4. The summed E-state index contributed by atoms with van der Waals surface area (Å²) in [5, 5.41) is 0. The highest BCUT2D eigenvalue weighted by molar-refractivity contribution is 5.80. The lowest BCUT2D eigenvalue weighted by atomic mass is 9.85. The maximum Gasteiger partial charge on any atom is 0.410 e. The molecule has 0 radical (unpaired) electrons. The van der Waals surface area contributed by atoms with Gasteiger partial charge in [-0.25, -0.2) is 4.79 Å². The maximum absolute atomic E-state index is 12.4. The molecule has 0 saturated carbocycles. The molecular weight excluding hydrogens is 310 g/mol. The molecule has 24 heavy (non-hydrogen) atoms. The molecule has 132 valence electrons. The van der Waals surface area contributed by atoms with Gasteiger partial charge in [0.2, 0.25) is 0 Å². The van der Waals surface area contributed by atoms with Gasteiger partial charge in [-0.2, -0.15) is 0 Å². The van der Waals surface area contributed by atoms with Crippen LogP contribution in [0.5, 0.6) is 0 Å². The first-order chi connectivity index (χ1) is 11.7. The lowest BCUT2D eigenvalue weighted by molar-refractivity contribution is -0.144. The minimum Gasteiger partial charge on any atom is -0.468 e. The van der Waals surface area contributed by atoms with Crippen LogP contribution in [-0.4, -0.2) is 57.0 Å². The number of ether oxygens (including phenoxy) is 3. The van der Waals surface area contributed by atoms with Crippen LogP contribution in [0.2, 0.25) is 0 Å². The van der Waals surface area contributed by atoms with E-state index in [0.717, 1.165) is 24.8 Å². The number of benzene rings is 1. The molecule has 6 nitrogen and oxygen atoms in total. The highest BCUT2D eigenvalue weighted by Crippen LogP contribution is 2.32. The summed E-state index contributed by atoms with van der Waals surface area (Å²) in [5.41, 5.74) is 0.853. The molecule has 1 heterocycles. The third kappa shape index (κ3) is 4.47. The van der Waals surface area contributed by atoms with E-state index >= 15 is 0 Å². The molecule has 6 heteroatoms. The number of hydrogen-bond acceptors (Lipinski definition) is 5. The summed E-state index contributed by atoms with van der Waals surface area (Å²) < 4.78 is 15.2. The Kier molecular flexibility index (Phi) is 7.06. The van der Waals surface area contributed by atoms with E-state index in [-0.39, 0.29) is 18.6 Å². The summed E-state index contributed by atoms with van der Waals surface area (Å²) in [5.74, 6) is -0.839. The standard InChI is InChI=1S/C18H25NO5/c1-22-12-13-24-18(21)19-11-7-6-10-15(19)16(17(20)23-2)14-8-4-3-5-9-14/h3-5,8-9,15-16H,6-7,10-13H2,1-2H3. The Bertz CT molecular complexity index is 533. The van der Waals surface area contributed by atoms with E-state index in [1.165, 1.54) is 7.11 Å². The SMILES string of the molecule is COCCOC(=O)N1CCCCC1C(C(=O)OC)c1ccccc1. The van der Waals surface area contributed by atoms with Gasteiger partial charge in [0.05, 0.1) is 19.8 Å². The molecule has 0 spiro atoms. The Morgan fingerprint density at radius 3 is 2.58 bits per heavy atom. The second-order valence-electron chi connectivity index (χ2n) is 5.78. The van der Waals surface area contributed by atoms with Crippen molar-refractivity contribution in [2.45, 2.75) is 31.2 Å². The molecule has 1 fully saturated rings. The Labute approximate surface area is 142 Å². The molecule has 0 aromatic heterocycles. The molecule has 1 aromatic rings. The Balaban J connectivity index is 2.21. The molecule has 1 aliphatic heterocycles. The van der Waals surface area contributed by atoms with Crippen LogP contribution in [0, 0.1) is 0 Å². The molecule has 2 atom stereocenters. The predicted molar refractivity (Wildman–Crippen MR) is 88.8 cm³/mol. The third-order valence-electron chi connectivity index (χ3n) is 4.30. The highest BCUT2D eigenvalue weighted by atomic mass is 16.6. The molecular formula is C18H25NO5. The first-order valence-corrected chi connectivity index (χ1v) is 8.24. The molecule has 2 unspecified atom stereocenters. The third-order valence-corrected chi connectivity index (χ3v) is 4.30. The van der Waals surface area contributed by atoms with Crippen molar-refractivity contribution < 1.29 is 23.8 Å². The van der Waals surface area contributed by atoms with Gasteiger partial charge in [-0.1, -0.05) is 30.3 Å². The van der Waals surface area contributed by atoms with E-state index in [1.54, 1.807) is 12.0 Å². The number of nitrogens with zero attached hydrogens (tertiary/aromatic N) is 1. The largest absolute Gasteiger partial charge is 0.468 e. The molecule has 0 bridgehead atoms. The lowest BCUT2D eigenvalue weighted by Gasteiger charge is -2.38. The monoisotopic (exact) mass is 335 g/mol. The minimum atomic E-state index is -0.508. The van der Waals surface area contributed by atoms with E-state index in [0.29, 0.717) is 13.2 Å². The van der Waals surface area contributed by atoms with Crippen LogP contribution in [0.3, 0.4) is 0 Å². The second-order valence-corrected chi connectivity index (χ2v) is 5.78. The van der Waals surface area contributed by atoms with Gasteiger partial charge in [0, 0.05) is 13.7 Å². The molecule has 0 aliphatic carbocycles. The van der Waals surface area contributed by atoms with Crippen molar-refractivity contribution in [2.24, 2.45) is 0 Å². The van der Waals surface area contributed by atoms with E-state index in [1.807, 2.05) is 30.3 Å². The number of likely N-dealkylation sites (tertiary alicyclic amines) is 1. The normalized spacial score (nSPS) is 18.8. The summed E-state index contributed by atoms with van der Waals surface area (Å²) >= 11 is 0. The van der Waals surface area contributed by atoms with Gasteiger partial charge in [0.15, 0.2) is 0 Å². The fourth-order valence-electron chi connectivity index (χ4n) is 3.13. The highest BCUT2D eigenvalue weighted by Gasteiger charge is 2.39. The number of methoxy groups -OCH3 is 2. The van der Waals surface area contributed by atoms with Gasteiger partial charge >= 0.3 is 12.1 Å². The minimum absolute atomic E-state index is 0.201. The summed E-state index contributed by atoms with van der Waals surface area (Å²) in [6, 6.07) is 9.19. The molecule has 2 rings (SSSR count). The summed E-state index contributed by atoms with van der Waals surface area (Å²) in [6.07, 6.45) is 2.21. The van der Waals surface area contributed by atoms with Crippen LogP contribution in [0.4, 0.5) is 4.79 Å². The lowest BCUT2D eigenvalue weighted by Crippen LogP contribution is -2.49. The Hall–Kier alpha value is -2.08. The molecule has 0 N–H and O–H groups in total. The Morgan fingerprint density at radius 2 is 1.92 bits per heavy atom. The van der Waals surface area contributed by atoms with Crippen molar-refractivity contribution in [1.29, 1.82) is 0 Å². The second kappa shape index (κ2) is 9.27. The first-order valence-electron chi connectivity index (χ1n) is 8.24. The smallest absolute Gasteiger partial charge is 0.410 e. The van der Waals surface area contributed by atoms with Crippen LogP contribution in [0.25, 0.3) is 0 Å². The number of carbonyl (C=O) groups excluding carboxylic acids is 2. The van der Waals surface area contributed by atoms with Gasteiger partial charge in [0.25, 0.3) is 0 Å². The summed E-state index contributed by atoms with van der Waals surface area (Å²) in [7, 11) is 2.93. The first kappa shape index (κ1) is 18.3. The van der Waals surface area contributed by atoms with Crippen LogP contribution in [-0.2, 0) is 19.0 Å². The zero-order valence-corrected chi connectivity index (χ0v) is 14.3. The number of amides is 1. The van der Waals surface area contributed by atoms with E-state index in [2.05, 4.69) is 0 Å². The van der Waals surface area contributed by atoms with Crippen molar-refractivity contribution >= 4 is 12.1 Å². The van der Waals surface area contributed by atoms with Crippen LogP contribution < -0.4 is 0 Å². The average molecular weight is 335 g/mol. The molecule has 1 saturated heterocycles. The van der Waals surface area contributed by atoms with Crippen molar-refractivity contribution in [3.05, 3.63) is 35.9 Å². The van der Waals surface area contributed by atoms with Gasteiger partial charge in [0.1, 0.15) is 12.5 Å².